The third-order valence-corrected chi connectivity index (χ3v) is 5.51. The van der Waals surface area contributed by atoms with Crippen LogP contribution in [0, 0.1) is 4.91 Å². The number of aromatic nitrogens is 1. The Kier molecular flexibility index (Phi) is 4.28. The number of pyridine rings is 1. The van der Waals surface area contributed by atoms with Crippen LogP contribution >= 0.6 is 0 Å². The summed E-state index contributed by atoms with van der Waals surface area (Å²) in [5.74, 6) is 0.164. The molecular formula is C23H18N4O3. The fourth-order valence-corrected chi connectivity index (χ4v) is 3.99. The van der Waals surface area contributed by atoms with E-state index in [9.17, 15) is 9.70 Å². The van der Waals surface area contributed by atoms with E-state index in [2.05, 4.69) is 21.5 Å². The van der Waals surface area contributed by atoms with Gasteiger partial charge in [-0.1, -0.05) is 23.4 Å². The highest BCUT2D eigenvalue weighted by Gasteiger charge is 2.24. The van der Waals surface area contributed by atoms with Crippen molar-refractivity contribution in [2.75, 3.05) is 5.32 Å². The van der Waals surface area contributed by atoms with Gasteiger partial charge in [0, 0.05) is 28.4 Å². The van der Waals surface area contributed by atoms with Crippen LogP contribution in [-0.4, -0.2) is 10.9 Å². The number of hydrogen-bond donors (Lipinski definition) is 2. The number of anilines is 2. The average molecular weight is 398 g/mol. The number of primary amides is 1. The van der Waals surface area contributed by atoms with Crippen LogP contribution in [0.2, 0.25) is 0 Å². The van der Waals surface area contributed by atoms with Crippen molar-refractivity contribution in [3.63, 3.8) is 0 Å². The molecule has 0 radical (unpaired) electrons. The molecule has 5 rings (SSSR count). The van der Waals surface area contributed by atoms with E-state index in [-0.39, 0.29) is 6.04 Å². The monoisotopic (exact) mass is 398 g/mol. The lowest BCUT2D eigenvalue weighted by Gasteiger charge is -2.10. The van der Waals surface area contributed by atoms with Gasteiger partial charge in [0.1, 0.15) is 6.04 Å². The first-order valence-electron chi connectivity index (χ1n) is 9.63. The molecule has 7 nitrogen and oxygen atoms in total. The molecule has 0 fully saturated rings. The van der Waals surface area contributed by atoms with Gasteiger partial charge >= 0.3 is 0 Å². The Bertz CT molecular complexity index is 1280. The highest BCUT2D eigenvalue weighted by molar-refractivity contribution is 6.00. The van der Waals surface area contributed by atoms with Crippen LogP contribution in [-0.2, 0) is 6.42 Å². The number of amides is 1. The quantitative estimate of drug-likeness (QED) is 0.455. The Morgan fingerprint density at radius 1 is 1.17 bits per heavy atom. The van der Waals surface area contributed by atoms with E-state index >= 15 is 0 Å². The van der Waals surface area contributed by atoms with E-state index in [0.29, 0.717) is 16.9 Å². The van der Waals surface area contributed by atoms with E-state index in [1.54, 1.807) is 36.7 Å². The third kappa shape index (κ3) is 3.00. The summed E-state index contributed by atoms with van der Waals surface area (Å²) in [4.78, 5) is 26.5. The first kappa shape index (κ1) is 18.1. The highest BCUT2D eigenvalue weighted by Crippen LogP contribution is 2.41. The first-order chi connectivity index (χ1) is 14.6. The topological polar surface area (TPSA) is 111 Å². The van der Waals surface area contributed by atoms with Gasteiger partial charge in [-0.25, -0.2) is 0 Å². The van der Waals surface area contributed by atoms with E-state index < -0.39 is 5.91 Å². The van der Waals surface area contributed by atoms with Crippen LogP contribution in [0.1, 0.15) is 33.9 Å². The molecule has 1 aliphatic rings. The second kappa shape index (κ2) is 7.11. The zero-order valence-corrected chi connectivity index (χ0v) is 16.0. The van der Waals surface area contributed by atoms with Gasteiger partial charge in [0.15, 0.2) is 11.3 Å². The lowest BCUT2D eigenvalue weighted by atomic mass is 10.1. The number of benzene rings is 2. The molecule has 0 saturated carbocycles. The zero-order chi connectivity index (χ0) is 20.7. The maximum absolute atomic E-state index is 11.4. The van der Waals surface area contributed by atoms with E-state index in [4.69, 9.17) is 10.2 Å². The summed E-state index contributed by atoms with van der Waals surface area (Å²) in [5.41, 5.74) is 11.1. The molecule has 148 valence electrons. The molecule has 2 heterocycles. The number of carbonyl (C=O) groups is 1. The lowest BCUT2D eigenvalue weighted by molar-refractivity contribution is 0.100. The minimum Gasteiger partial charge on any atom is -0.452 e. The second-order valence-corrected chi connectivity index (χ2v) is 7.32. The molecule has 0 bridgehead atoms. The SMILES string of the molecule is NC(=O)c1ccc(-c2oc3cnccc3c2Nc2ccc3c(c2)CCC3N=O)cc1. The van der Waals surface area contributed by atoms with Crippen molar-refractivity contribution in [1.29, 1.82) is 0 Å². The van der Waals surface area contributed by atoms with Crippen molar-refractivity contribution >= 4 is 28.3 Å². The molecule has 2 aromatic heterocycles. The predicted molar refractivity (Wildman–Crippen MR) is 115 cm³/mol. The number of nitrogens with one attached hydrogen (secondary N) is 1. The molecule has 4 aromatic rings. The third-order valence-electron chi connectivity index (χ3n) is 5.51. The van der Waals surface area contributed by atoms with Crippen LogP contribution in [0.15, 0.2) is 70.5 Å². The fourth-order valence-electron chi connectivity index (χ4n) is 3.99. The predicted octanol–water partition coefficient (Wildman–Crippen LogP) is 5.09. The van der Waals surface area contributed by atoms with Crippen molar-refractivity contribution in [1.82, 2.24) is 4.98 Å². The van der Waals surface area contributed by atoms with Crippen molar-refractivity contribution in [2.24, 2.45) is 10.9 Å². The standard InChI is InChI=1S/C23H18N4O3/c24-23(28)14-3-1-13(2-4-14)22-21(18-9-10-25-12-20(18)30-22)26-16-6-7-17-15(11-16)5-8-19(17)27-29/h1-4,6-7,9-12,19,26H,5,8H2,(H2,24,28). The summed E-state index contributed by atoms with van der Waals surface area (Å²) >= 11 is 0. The number of nitrogens with zero attached hydrogens (tertiary/aromatic N) is 2. The Morgan fingerprint density at radius 3 is 2.77 bits per heavy atom. The van der Waals surface area contributed by atoms with E-state index in [1.807, 2.05) is 18.2 Å². The molecule has 1 atom stereocenters. The molecule has 30 heavy (non-hydrogen) atoms. The number of hydrogen-bond acceptors (Lipinski definition) is 6. The van der Waals surface area contributed by atoms with Crippen LogP contribution in [0.4, 0.5) is 11.4 Å². The summed E-state index contributed by atoms with van der Waals surface area (Å²) in [5, 5.41) is 7.59. The summed E-state index contributed by atoms with van der Waals surface area (Å²) in [6.45, 7) is 0. The van der Waals surface area contributed by atoms with Crippen molar-refractivity contribution in [3.8, 4) is 11.3 Å². The molecule has 1 unspecified atom stereocenters. The van der Waals surface area contributed by atoms with Crippen LogP contribution in [0.3, 0.4) is 0 Å². The maximum Gasteiger partial charge on any atom is 0.248 e. The highest BCUT2D eigenvalue weighted by atomic mass is 16.3. The van der Waals surface area contributed by atoms with Gasteiger partial charge in [-0.2, -0.15) is 4.91 Å². The van der Waals surface area contributed by atoms with E-state index in [0.717, 1.165) is 46.3 Å². The summed E-state index contributed by atoms with van der Waals surface area (Å²) in [7, 11) is 0. The second-order valence-electron chi connectivity index (χ2n) is 7.32. The number of carbonyl (C=O) groups excluding carboxylic acids is 1. The number of rotatable bonds is 5. The number of furan rings is 1. The van der Waals surface area contributed by atoms with Gasteiger partial charge < -0.3 is 15.5 Å². The summed E-state index contributed by atoms with van der Waals surface area (Å²) in [6.07, 6.45) is 4.97. The number of fused-ring (bicyclic) bond motifs is 2. The summed E-state index contributed by atoms with van der Waals surface area (Å²) in [6, 6.07) is 14.6. The van der Waals surface area contributed by atoms with Crippen molar-refractivity contribution < 1.29 is 9.21 Å². The molecule has 0 saturated heterocycles. The number of aryl methyl sites for hydroxylation is 1. The molecule has 1 aliphatic carbocycles. The molecule has 3 N–H and O–H groups in total. The number of nitrogens with two attached hydrogens (primary N) is 1. The Morgan fingerprint density at radius 2 is 2.00 bits per heavy atom. The Balaban J connectivity index is 1.58. The summed E-state index contributed by atoms with van der Waals surface area (Å²) < 4.78 is 6.09. The largest absolute Gasteiger partial charge is 0.452 e. The van der Waals surface area contributed by atoms with Gasteiger partial charge in [0.05, 0.1) is 11.9 Å². The smallest absolute Gasteiger partial charge is 0.248 e. The molecular weight excluding hydrogens is 380 g/mol. The molecule has 0 aliphatic heterocycles. The van der Waals surface area contributed by atoms with Crippen LogP contribution in [0.25, 0.3) is 22.3 Å². The zero-order valence-electron chi connectivity index (χ0n) is 16.0. The van der Waals surface area contributed by atoms with Gasteiger partial charge in [0.25, 0.3) is 0 Å². The van der Waals surface area contributed by atoms with Crippen molar-refractivity contribution in [3.05, 3.63) is 82.5 Å². The minimum absolute atomic E-state index is 0.255. The van der Waals surface area contributed by atoms with Gasteiger partial charge in [-0.15, -0.1) is 0 Å². The van der Waals surface area contributed by atoms with Gasteiger partial charge in [-0.3, -0.25) is 9.78 Å². The molecule has 1 amide bonds. The molecule has 7 heteroatoms. The first-order valence-corrected chi connectivity index (χ1v) is 9.63. The fraction of sp³-hybridized carbons (Fsp3) is 0.130. The average Bonchev–Trinajstić information content (AvgIpc) is 3.35. The minimum atomic E-state index is -0.477. The molecule has 0 spiro atoms. The molecule has 2 aromatic carbocycles. The Labute approximate surface area is 171 Å². The van der Waals surface area contributed by atoms with Gasteiger partial charge in [0.2, 0.25) is 5.91 Å². The van der Waals surface area contributed by atoms with Gasteiger partial charge in [-0.05, 0) is 54.3 Å². The van der Waals surface area contributed by atoms with Crippen molar-refractivity contribution in [2.45, 2.75) is 18.9 Å². The Hall–Kier alpha value is -4.00. The maximum atomic E-state index is 11.4. The van der Waals surface area contributed by atoms with Crippen LogP contribution in [0.5, 0.6) is 0 Å². The lowest BCUT2D eigenvalue weighted by Crippen LogP contribution is -2.10. The number of nitroso groups, excluding NO2 is 1. The van der Waals surface area contributed by atoms with Crippen LogP contribution < -0.4 is 11.1 Å². The van der Waals surface area contributed by atoms with E-state index in [1.165, 1.54) is 0 Å². The normalized spacial score (nSPS) is 15.1.